The molecular formula is C20H29NO5. The zero-order valence-corrected chi connectivity index (χ0v) is 16.1. The molecule has 0 N–H and O–H groups in total. The first-order chi connectivity index (χ1) is 12.6. The zero-order valence-electron chi connectivity index (χ0n) is 16.1. The highest BCUT2D eigenvalue weighted by Gasteiger charge is 2.38. The number of benzene rings is 1. The summed E-state index contributed by atoms with van der Waals surface area (Å²) in [6.07, 6.45) is 4.37. The minimum Gasteiger partial charge on any atom is -0.493 e. The molecule has 1 aromatic rings. The first kappa shape index (κ1) is 18.8. The predicted octanol–water partition coefficient (Wildman–Crippen LogP) is 2.99. The number of hydrogen-bond donors (Lipinski definition) is 0. The normalized spacial score (nSPS) is 25.9. The molecule has 3 atom stereocenters. The van der Waals surface area contributed by atoms with Gasteiger partial charge in [-0.1, -0.05) is 0 Å². The van der Waals surface area contributed by atoms with Crippen LogP contribution in [0.1, 0.15) is 36.0 Å². The molecule has 2 aliphatic rings. The van der Waals surface area contributed by atoms with Gasteiger partial charge >= 0.3 is 5.97 Å². The van der Waals surface area contributed by atoms with E-state index in [0.717, 1.165) is 32.4 Å². The molecule has 26 heavy (non-hydrogen) atoms. The lowest BCUT2D eigenvalue weighted by Crippen LogP contribution is -2.46. The number of nitrogens with zero attached hydrogens (tertiary/aromatic N) is 1. The highest BCUT2D eigenvalue weighted by atomic mass is 16.5. The van der Waals surface area contributed by atoms with Crippen LogP contribution >= 0.6 is 0 Å². The third-order valence-corrected chi connectivity index (χ3v) is 5.70. The smallest absolute Gasteiger partial charge is 0.338 e. The standard InChI is InChI=1S/C20H29NO5/c1-21-9-8-15-13(12-21)6-5-7-16(15)26-20(22)14-10-17(23-2)19(25-4)18(11-14)24-3/h10-11,13,15-16H,5-9,12H2,1-4H3/t13-,15+,16?/m1/s1. The second kappa shape index (κ2) is 8.16. The maximum Gasteiger partial charge on any atom is 0.338 e. The van der Waals surface area contributed by atoms with Crippen molar-refractivity contribution in [3.8, 4) is 17.2 Å². The lowest BCUT2D eigenvalue weighted by Gasteiger charge is -2.43. The average Bonchev–Trinajstić information content (AvgIpc) is 2.66. The Morgan fingerprint density at radius 2 is 1.73 bits per heavy atom. The quantitative estimate of drug-likeness (QED) is 0.750. The molecule has 1 heterocycles. The van der Waals surface area contributed by atoms with Crippen LogP contribution in [0.4, 0.5) is 0 Å². The summed E-state index contributed by atoms with van der Waals surface area (Å²) < 4.78 is 21.9. The average molecular weight is 363 g/mol. The van der Waals surface area contributed by atoms with E-state index in [1.54, 1.807) is 19.2 Å². The van der Waals surface area contributed by atoms with Crippen LogP contribution in [0.3, 0.4) is 0 Å². The van der Waals surface area contributed by atoms with Crippen LogP contribution in [-0.4, -0.2) is 58.4 Å². The number of rotatable bonds is 5. The third kappa shape index (κ3) is 3.75. The summed E-state index contributed by atoms with van der Waals surface area (Å²) in [6, 6.07) is 3.30. The number of carbonyl (C=O) groups is 1. The lowest BCUT2D eigenvalue weighted by molar-refractivity contribution is -0.0351. The minimum absolute atomic E-state index is 0.00552. The highest BCUT2D eigenvalue weighted by molar-refractivity contribution is 5.91. The fourth-order valence-corrected chi connectivity index (χ4v) is 4.37. The Balaban J connectivity index is 1.77. The van der Waals surface area contributed by atoms with Crippen LogP contribution in [0.25, 0.3) is 0 Å². The number of piperidine rings is 1. The molecule has 0 spiro atoms. The molecule has 1 saturated heterocycles. The van der Waals surface area contributed by atoms with Crippen molar-refractivity contribution in [1.29, 1.82) is 0 Å². The first-order valence-electron chi connectivity index (χ1n) is 9.27. The fraction of sp³-hybridized carbons (Fsp3) is 0.650. The van der Waals surface area contributed by atoms with Crippen LogP contribution in [-0.2, 0) is 4.74 Å². The van der Waals surface area contributed by atoms with Crippen LogP contribution < -0.4 is 14.2 Å². The van der Waals surface area contributed by atoms with Gasteiger partial charge in [0.05, 0.1) is 26.9 Å². The second-order valence-corrected chi connectivity index (χ2v) is 7.26. The van der Waals surface area contributed by atoms with Crippen LogP contribution in [0.5, 0.6) is 17.2 Å². The van der Waals surface area contributed by atoms with Gasteiger partial charge in [0.25, 0.3) is 0 Å². The lowest BCUT2D eigenvalue weighted by atomic mass is 9.73. The van der Waals surface area contributed by atoms with Gasteiger partial charge in [-0.05, 0) is 57.3 Å². The Bertz CT molecular complexity index is 622. The number of fused-ring (bicyclic) bond motifs is 1. The Morgan fingerprint density at radius 1 is 1.04 bits per heavy atom. The summed E-state index contributed by atoms with van der Waals surface area (Å²) in [5.74, 6) is 2.15. The Labute approximate surface area is 155 Å². The van der Waals surface area contributed by atoms with Crippen molar-refractivity contribution in [2.24, 2.45) is 11.8 Å². The largest absolute Gasteiger partial charge is 0.493 e. The van der Waals surface area contributed by atoms with Gasteiger partial charge < -0.3 is 23.8 Å². The molecule has 6 heteroatoms. The second-order valence-electron chi connectivity index (χ2n) is 7.26. The molecule has 144 valence electrons. The van der Waals surface area contributed by atoms with Gasteiger partial charge in [0.1, 0.15) is 6.10 Å². The monoisotopic (exact) mass is 363 g/mol. The molecule has 1 aliphatic heterocycles. The molecule has 1 saturated carbocycles. The third-order valence-electron chi connectivity index (χ3n) is 5.70. The van der Waals surface area contributed by atoms with Gasteiger partial charge in [-0.25, -0.2) is 4.79 Å². The Kier molecular flexibility index (Phi) is 5.91. The topological polar surface area (TPSA) is 57.2 Å². The van der Waals surface area contributed by atoms with Crippen molar-refractivity contribution >= 4 is 5.97 Å². The van der Waals surface area contributed by atoms with Crippen LogP contribution in [0.2, 0.25) is 0 Å². The molecule has 1 unspecified atom stereocenters. The first-order valence-corrected chi connectivity index (χ1v) is 9.27. The van der Waals surface area contributed by atoms with E-state index < -0.39 is 0 Å². The summed E-state index contributed by atoms with van der Waals surface area (Å²) in [5, 5.41) is 0. The van der Waals surface area contributed by atoms with E-state index in [0.29, 0.717) is 34.6 Å². The van der Waals surface area contributed by atoms with E-state index in [9.17, 15) is 4.79 Å². The van der Waals surface area contributed by atoms with Crippen molar-refractivity contribution in [3.05, 3.63) is 17.7 Å². The summed E-state index contributed by atoms with van der Waals surface area (Å²) >= 11 is 0. The SMILES string of the molecule is COc1cc(C(=O)OC2CCC[C@@H]3CN(C)CC[C@H]23)cc(OC)c1OC. The van der Waals surface area contributed by atoms with Crippen molar-refractivity contribution < 1.29 is 23.7 Å². The number of ether oxygens (including phenoxy) is 4. The van der Waals surface area contributed by atoms with Gasteiger partial charge in [-0.15, -0.1) is 0 Å². The molecule has 6 nitrogen and oxygen atoms in total. The Hall–Kier alpha value is -1.95. The molecule has 0 radical (unpaired) electrons. The summed E-state index contributed by atoms with van der Waals surface area (Å²) in [7, 11) is 6.79. The molecule has 3 rings (SSSR count). The number of carbonyl (C=O) groups excluding carboxylic acids is 1. The molecule has 0 aromatic heterocycles. The van der Waals surface area contributed by atoms with E-state index in [2.05, 4.69) is 11.9 Å². The predicted molar refractivity (Wildman–Crippen MR) is 98.2 cm³/mol. The molecule has 2 fully saturated rings. The van der Waals surface area contributed by atoms with E-state index in [-0.39, 0.29) is 12.1 Å². The number of hydrogen-bond acceptors (Lipinski definition) is 6. The molecule has 0 amide bonds. The number of likely N-dealkylation sites (tertiary alicyclic amines) is 1. The van der Waals surface area contributed by atoms with Gasteiger partial charge in [-0.2, -0.15) is 0 Å². The number of methoxy groups -OCH3 is 3. The van der Waals surface area contributed by atoms with Crippen molar-refractivity contribution in [3.63, 3.8) is 0 Å². The van der Waals surface area contributed by atoms with Gasteiger partial charge in [0, 0.05) is 12.5 Å². The van der Waals surface area contributed by atoms with Crippen LogP contribution in [0.15, 0.2) is 12.1 Å². The van der Waals surface area contributed by atoms with Crippen molar-refractivity contribution in [2.45, 2.75) is 31.8 Å². The number of esters is 1. The Morgan fingerprint density at radius 3 is 2.35 bits per heavy atom. The van der Waals surface area contributed by atoms with E-state index in [1.165, 1.54) is 20.6 Å². The van der Waals surface area contributed by atoms with Gasteiger partial charge in [0.15, 0.2) is 11.5 Å². The van der Waals surface area contributed by atoms with Crippen molar-refractivity contribution in [2.75, 3.05) is 41.5 Å². The van der Waals surface area contributed by atoms with E-state index in [1.807, 2.05) is 0 Å². The summed E-state index contributed by atoms with van der Waals surface area (Å²) in [6.45, 7) is 2.17. The molecule has 0 bridgehead atoms. The van der Waals surface area contributed by atoms with Gasteiger partial charge in [0.2, 0.25) is 5.75 Å². The molecule has 1 aliphatic carbocycles. The van der Waals surface area contributed by atoms with Gasteiger partial charge in [-0.3, -0.25) is 0 Å². The minimum atomic E-state index is -0.325. The highest BCUT2D eigenvalue weighted by Crippen LogP contribution is 2.40. The van der Waals surface area contributed by atoms with E-state index in [4.69, 9.17) is 18.9 Å². The maximum atomic E-state index is 12.8. The maximum absolute atomic E-state index is 12.8. The van der Waals surface area contributed by atoms with E-state index >= 15 is 0 Å². The van der Waals surface area contributed by atoms with Crippen molar-refractivity contribution in [1.82, 2.24) is 4.90 Å². The zero-order chi connectivity index (χ0) is 18.7. The summed E-state index contributed by atoms with van der Waals surface area (Å²) in [4.78, 5) is 15.2. The molecular weight excluding hydrogens is 334 g/mol. The summed E-state index contributed by atoms with van der Waals surface area (Å²) in [5.41, 5.74) is 0.426. The fourth-order valence-electron chi connectivity index (χ4n) is 4.37. The molecule has 1 aromatic carbocycles. The van der Waals surface area contributed by atoms with Crippen LogP contribution in [0, 0.1) is 11.8 Å².